The van der Waals surface area contributed by atoms with Crippen molar-refractivity contribution < 1.29 is 22.5 Å². The first kappa shape index (κ1) is 20.4. The molecular formula is C21H16F3N5O2S. The smallest absolute Gasteiger partial charge is 0.339 e. The van der Waals surface area contributed by atoms with Crippen molar-refractivity contribution >= 4 is 17.2 Å². The molecule has 4 aromatic rings. The molecule has 0 radical (unpaired) electrons. The van der Waals surface area contributed by atoms with E-state index in [-0.39, 0.29) is 23.2 Å². The van der Waals surface area contributed by atoms with E-state index < -0.39 is 11.7 Å². The Morgan fingerprint density at radius 1 is 1.16 bits per heavy atom. The Morgan fingerprint density at radius 2 is 1.91 bits per heavy atom. The van der Waals surface area contributed by atoms with E-state index in [1.54, 1.807) is 11.8 Å². The molecule has 1 aliphatic heterocycles. The van der Waals surface area contributed by atoms with Crippen LogP contribution in [0.2, 0.25) is 0 Å². The number of amides is 1. The van der Waals surface area contributed by atoms with Gasteiger partial charge in [-0.1, -0.05) is 28.6 Å². The molecule has 1 fully saturated rings. The molecule has 0 N–H and O–H groups in total. The lowest BCUT2D eigenvalue weighted by atomic mass is 9.99. The number of halogens is 3. The van der Waals surface area contributed by atoms with Crippen molar-refractivity contribution in [1.82, 2.24) is 24.6 Å². The van der Waals surface area contributed by atoms with Gasteiger partial charge in [-0.3, -0.25) is 4.79 Å². The van der Waals surface area contributed by atoms with Crippen LogP contribution in [0.4, 0.5) is 13.2 Å². The number of carbonyl (C=O) groups is 1. The van der Waals surface area contributed by atoms with Gasteiger partial charge in [0.2, 0.25) is 11.7 Å². The summed E-state index contributed by atoms with van der Waals surface area (Å²) in [5.41, 5.74) is 0.109. The first-order valence-electron chi connectivity index (χ1n) is 9.71. The number of aryl methyl sites for hydroxylation is 1. The lowest BCUT2D eigenvalue weighted by molar-refractivity contribution is -0.137. The van der Waals surface area contributed by atoms with Crippen LogP contribution in [0.25, 0.3) is 16.5 Å². The van der Waals surface area contributed by atoms with Gasteiger partial charge in [0.05, 0.1) is 17.2 Å². The molecule has 0 spiro atoms. The summed E-state index contributed by atoms with van der Waals surface area (Å²) in [7, 11) is 0. The zero-order chi connectivity index (χ0) is 22.5. The minimum absolute atomic E-state index is 0.0885. The van der Waals surface area contributed by atoms with Gasteiger partial charge < -0.3 is 14.0 Å². The molecule has 32 heavy (non-hydrogen) atoms. The van der Waals surface area contributed by atoms with Crippen molar-refractivity contribution in [1.29, 1.82) is 0 Å². The Labute approximate surface area is 184 Å². The summed E-state index contributed by atoms with van der Waals surface area (Å²) in [6.07, 6.45) is -0.721. The van der Waals surface area contributed by atoms with Crippen LogP contribution >= 0.6 is 11.3 Å². The van der Waals surface area contributed by atoms with Gasteiger partial charge in [-0.15, -0.1) is 0 Å². The Kier molecular flexibility index (Phi) is 4.85. The monoisotopic (exact) mass is 459 g/mol. The van der Waals surface area contributed by atoms with Gasteiger partial charge >= 0.3 is 6.18 Å². The van der Waals surface area contributed by atoms with Gasteiger partial charge in [0.1, 0.15) is 4.88 Å². The molecule has 7 nitrogen and oxygen atoms in total. The molecule has 0 unspecified atom stereocenters. The predicted octanol–water partition coefficient (Wildman–Crippen LogP) is 4.55. The molecule has 4 heterocycles. The molecule has 164 valence electrons. The standard InChI is InChI=1S/C21H16F3N5O2S/c1-12-16(32-20(25-12)28-7-2-3-8-28)19(30)29-10-14(11-29)18-26-17(27-31-18)13-5-4-6-15(9-13)21(22,23)24/h2-9,14H,10-11H2,1H3. The maximum absolute atomic E-state index is 12.9. The number of hydrogen-bond donors (Lipinski definition) is 0. The largest absolute Gasteiger partial charge is 0.416 e. The zero-order valence-electron chi connectivity index (χ0n) is 16.7. The summed E-state index contributed by atoms with van der Waals surface area (Å²) in [5.74, 6) is 0.108. The van der Waals surface area contributed by atoms with E-state index >= 15 is 0 Å². The molecule has 0 bridgehead atoms. The molecule has 1 saturated heterocycles. The van der Waals surface area contributed by atoms with Crippen molar-refractivity contribution in [3.05, 3.63) is 70.8 Å². The number of carbonyl (C=O) groups excluding carboxylic acids is 1. The van der Waals surface area contributed by atoms with Gasteiger partial charge in [0, 0.05) is 31.0 Å². The molecule has 3 aromatic heterocycles. The van der Waals surface area contributed by atoms with Crippen molar-refractivity contribution in [3.8, 4) is 16.5 Å². The van der Waals surface area contributed by atoms with Gasteiger partial charge in [-0.05, 0) is 31.2 Å². The topological polar surface area (TPSA) is 77.1 Å². The third-order valence-corrected chi connectivity index (χ3v) is 6.37. The van der Waals surface area contributed by atoms with E-state index in [0.717, 1.165) is 17.3 Å². The van der Waals surface area contributed by atoms with Crippen LogP contribution in [0.3, 0.4) is 0 Å². The van der Waals surface area contributed by atoms with E-state index in [1.165, 1.54) is 23.5 Å². The van der Waals surface area contributed by atoms with Crippen LogP contribution in [0.15, 0.2) is 53.3 Å². The number of rotatable bonds is 4. The Bertz CT molecular complexity index is 1270. The number of likely N-dealkylation sites (tertiary alicyclic amines) is 1. The molecule has 11 heteroatoms. The molecule has 1 aromatic carbocycles. The number of hydrogen-bond acceptors (Lipinski definition) is 6. The Morgan fingerprint density at radius 3 is 2.62 bits per heavy atom. The summed E-state index contributed by atoms with van der Waals surface area (Å²) >= 11 is 1.32. The molecule has 0 saturated carbocycles. The van der Waals surface area contributed by atoms with Crippen molar-refractivity contribution in [2.45, 2.75) is 19.0 Å². The van der Waals surface area contributed by atoms with Gasteiger partial charge in [0.15, 0.2) is 5.13 Å². The highest BCUT2D eigenvalue weighted by atomic mass is 32.1. The summed E-state index contributed by atoms with van der Waals surface area (Å²) in [6.45, 7) is 2.58. The first-order valence-corrected chi connectivity index (χ1v) is 10.5. The quantitative estimate of drug-likeness (QED) is 0.448. The van der Waals surface area contributed by atoms with Gasteiger partial charge in [0.25, 0.3) is 5.91 Å². The molecule has 1 amide bonds. The second-order valence-electron chi connectivity index (χ2n) is 7.44. The van der Waals surface area contributed by atoms with Crippen molar-refractivity contribution in [3.63, 3.8) is 0 Å². The number of benzene rings is 1. The average molecular weight is 459 g/mol. The highest BCUT2D eigenvalue weighted by Crippen LogP contribution is 2.33. The fraction of sp³-hybridized carbons (Fsp3) is 0.238. The number of thiazole rings is 1. The summed E-state index contributed by atoms with van der Waals surface area (Å²) in [4.78, 5) is 23.8. The number of nitrogens with zero attached hydrogens (tertiary/aromatic N) is 5. The Hall–Kier alpha value is -3.47. The zero-order valence-corrected chi connectivity index (χ0v) is 17.5. The lowest BCUT2D eigenvalue weighted by Crippen LogP contribution is -2.48. The second kappa shape index (κ2) is 7.59. The fourth-order valence-corrected chi connectivity index (χ4v) is 4.45. The normalized spacial score (nSPS) is 14.6. The maximum atomic E-state index is 12.9. The highest BCUT2D eigenvalue weighted by molar-refractivity contribution is 7.16. The van der Waals surface area contributed by atoms with Crippen LogP contribution < -0.4 is 0 Å². The molecule has 0 aliphatic carbocycles. The van der Waals surface area contributed by atoms with Crippen LogP contribution in [-0.4, -0.2) is 43.6 Å². The average Bonchev–Trinajstić information content (AvgIpc) is 3.47. The fourth-order valence-electron chi connectivity index (χ4n) is 3.45. The van der Waals surface area contributed by atoms with E-state index in [4.69, 9.17) is 4.52 Å². The summed E-state index contributed by atoms with van der Waals surface area (Å²) in [6, 6.07) is 8.54. The highest BCUT2D eigenvalue weighted by Gasteiger charge is 2.37. The molecule has 5 rings (SSSR count). The van der Waals surface area contributed by atoms with E-state index in [9.17, 15) is 18.0 Å². The molecule has 0 atom stereocenters. The van der Waals surface area contributed by atoms with Crippen LogP contribution in [-0.2, 0) is 6.18 Å². The lowest BCUT2D eigenvalue weighted by Gasteiger charge is -2.36. The first-order chi connectivity index (χ1) is 15.3. The van der Waals surface area contributed by atoms with Gasteiger partial charge in [-0.25, -0.2) is 4.98 Å². The van der Waals surface area contributed by atoms with Crippen LogP contribution in [0, 0.1) is 6.92 Å². The predicted molar refractivity (Wildman–Crippen MR) is 110 cm³/mol. The number of alkyl halides is 3. The van der Waals surface area contributed by atoms with Gasteiger partial charge in [-0.2, -0.15) is 18.2 Å². The SMILES string of the molecule is Cc1nc(-n2cccc2)sc1C(=O)N1CC(c2nc(-c3cccc(C(F)(F)F)c3)no2)C1. The van der Waals surface area contributed by atoms with Crippen molar-refractivity contribution in [2.75, 3.05) is 13.1 Å². The van der Waals surface area contributed by atoms with E-state index in [2.05, 4.69) is 15.1 Å². The second-order valence-corrected chi connectivity index (χ2v) is 8.42. The van der Waals surface area contributed by atoms with Crippen LogP contribution in [0.1, 0.15) is 32.7 Å². The number of aromatic nitrogens is 4. The minimum Gasteiger partial charge on any atom is -0.339 e. The summed E-state index contributed by atoms with van der Waals surface area (Å²) in [5, 5.41) is 4.54. The molecular weight excluding hydrogens is 443 g/mol. The van der Waals surface area contributed by atoms with E-state index in [1.807, 2.05) is 29.1 Å². The van der Waals surface area contributed by atoms with Crippen molar-refractivity contribution in [2.24, 2.45) is 0 Å². The van der Waals surface area contributed by atoms with Crippen LogP contribution in [0.5, 0.6) is 0 Å². The minimum atomic E-state index is -4.45. The Balaban J connectivity index is 1.27. The maximum Gasteiger partial charge on any atom is 0.416 e. The summed E-state index contributed by atoms with van der Waals surface area (Å²) < 4.78 is 45.9. The molecule has 1 aliphatic rings. The third-order valence-electron chi connectivity index (χ3n) is 5.21. The third kappa shape index (κ3) is 3.68. The van der Waals surface area contributed by atoms with E-state index in [0.29, 0.717) is 29.6 Å².